The molecule has 92 valence electrons. The van der Waals surface area contributed by atoms with Gasteiger partial charge in [0.2, 0.25) is 5.91 Å². The van der Waals surface area contributed by atoms with Crippen molar-refractivity contribution < 1.29 is 4.79 Å². The number of hydrogen-bond acceptors (Lipinski definition) is 3. The quantitative estimate of drug-likeness (QED) is 0.698. The molecule has 0 radical (unpaired) electrons. The predicted molar refractivity (Wildman–Crippen MR) is 64.2 cm³/mol. The van der Waals surface area contributed by atoms with Crippen LogP contribution < -0.4 is 10.6 Å². The Morgan fingerprint density at radius 3 is 2.88 bits per heavy atom. The van der Waals surface area contributed by atoms with Crippen LogP contribution in [0.15, 0.2) is 0 Å². The highest BCUT2D eigenvalue weighted by atomic mass is 16.2. The lowest BCUT2D eigenvalue weighted by Crippen LogP contribution is -2.50. The molecule has 2 heterocycles. The van der Waals surface area contributed by atoms with Crippen LogP contribution in [-0.4, -0.2) is 50.1 Å². The number of carbonyl (C=O) groups is 1. The molecule has 0 aromatic rings. The maximum absolute atomic E-state index is 12.0. The van der Waals surface area contributed by atoms with E-state index in [9.17, 15) is 4.79 Å². The normalized spacial score (nSPS) is 36.2. The summed E-state index contributed by atoms with van der Waals surface area (Å²) in [6.07, 6.45) is 2.08. The summed E-state index contributed by atoms with van der Waals surface area (Å²) in [6.45, 7) is 6.26. The number of amides is 1. The van der Waals surface area contributed by atoms with Crippen molar-refractivity contribution in [2.24, 2.45) is 11.8 Å². The van der Waals surface area contributed by atoms with Crippen molar-refractivity contribution >= 4 is 5.91 Å². The number of carbonyl (C=O) groups excluding carboxylic acids is 1. The highest BCUT2D eigenvalue weighted by Crippen LogP contribution is 2.17. The Kier molecular flexibility index (Phi) is 3.82. The van der Waals surface area contributed by atoms with E-state index in [1.165, 1.54) is 0 Å². The molecule has 3 unspecified atom stereocenters. The van der Waals surface area contributed by atoms with E-state index >= 15 is 0 Å². The first kappa shape index (κ1) is 11.9. The third-order valence-corrected chi connectivity index (χ3v) is 3.87. The Morgan fingerprint density at radius 1 is 1.44 bits per heavy atom. The second-order valence-corrected chi connectivity index (χ2v) is 5.33. The monoisotopic (exact) mass is 225 g/mol. The first-order valence-corrected chi connectivity index (χ1v) is 6.36. The molecule has 1 amide bonds. The van der Waals surface area contributed by atoms with Gasteiger partial charge >= 0.3 is 0 Å². The van der Waals surface area contributed by atoms with Gasteiger partial charge in [0.1, 0.15) is 0 Å². The molecular formula is C12H23N3O. The number of piperidine rings is 1. The Morgan fingerprint density at radius 2 is 2.25 bits per heavy atom. The van der Waals surface area contributed by atoms with Gasteiger partial charge in [0, 0.05) is 19.1 Å². The molecule has 16 heavy (non-hydrogen) atoms. The fourth-order valence-electron chi connectivity index (χ4n) is 2.75. The van der Waals surface area contributed by atoms with Gasteiger partial charge in [0.25, 0.3) is 0 Å². The van der Waals surface area contributed by atoms with Crippen LogP contribution in [0.2, 0.25) is 0 Å². The molecule has 2 saturated heterocycles. The summed E-state index contributed by atoms with van der Waals surface area (Å²) in [5, 5.41) is 6.47. The smallest absolute Gasteiger partial charge is 0.224 e. The Labute approximate surface area is 97.8 Å². The zero-order chi connectivity index (χ0) is 11.5. The van der Waals surface area contributed by atoms with Crippen molar-refractivity contribution in [1.82, 2.24) is 15.5 Å². The maximum atomic E-state index is 12.0. The van der Waals surface area contributed by atoms with Gasteiger partial charge in [-0.3, -0.25) is 4.79 Å². The summed E-state index contributed by atoms with van der Waals surface area (Å²) in [5.41, 5.74) is 0. The van der Waals surface area contributed by atoms with Gasteiger partial charge in [-0.25, -0.2) is 0 Å². The van der Waals surface area contributed by atoms with Gasteiger partial charge in [0.15, 0.2) is 0 Å². The average Bonchev–Trinajstić information content (AvgIpc) is 2.75. The van der Waals surface area contributed by atoms with Gasteiger partial charge in [-0.1, -0.05) is 6.92 Å². The molecule has 2 N–H and O–H groups in total. The van der Waals surface area contributed by atoms with Crippen molar-refractivity contribution in [2.75, 3.05) is 33.2 Å². The Bertz CT molecular complexity index is 251. The van der Waals surface area contributed by atoms with Crippen LogP contribution in [0.4, 0.5) is 0 Å². The molecule has 0 spiro atoms. The topological polar surface area (TPSA) is 44.4 Å². The highest BCUT2D eigenvalue weighted by molar-refractivity contribution is 5.79. The van der Waals surface area contributed by atoms with E-state index in [4.69, 9.17) is 0 Å². The summed E-state index contributed by atoms with van der Waals surface area (Å²) < 4.78 is 0. The third kappa shape index (κ3) is 2.74. The number of nitrogens with one attached hydrogen (secondary N) is 2. The molecule has 4 nitrogen and oxygen atoms in total. The fourth-order valence-corrected chi connectivity index (χ4v) is 2.75. The van der Waals surface area contributed by atoms with E-state index in [1.807, 2.05) is 0 Å². The van der Waals surface area contributed by atoms with E-state index in [1.54, 1.807) is 0 Å². The lowest BCUT2D eigenvalue weighted by molar-refractivity contribution is -0.125. The van der Waals surface area contributed by atoms with Gasteiger partial charge in [0.05, 0.1) is 5.92 Å². The third-order valence-electron chi connectivity index (χ3n) is 3.87. The van der Waals surface area contributed by atoms with Gasteiger partial charge in [-0.15, -0.1) is 0 Å². The molecule has 2 rings (SSSR count). The average molecular weight is 225 g/mol. The second-order valence-electron chi connectivity index (χ2n) is 5.33. The van der Waals surface area contributed by atoms with E-state index in [2.05, 4.69) is 29.5 Å². The van der Waals surface area contributed by atoms with Crippen LogP contribution in [-0.2, 0) is 4.79 Å². The fraction of sp³-hybridized carbons (Fsp3) is 0.917. The lowest BCUT2D eigenvalue weighted by Gasteiger charge is -2.35. The van der Waals surface area contributed by atoms with Crippen molar-refractivity contribution in [2.45, 2.75) is 25.8 Å². The van der Waals surface area contributed by atoms with Gasteiger partial charge in [-0.2, -0.15) is 0 Å². The largest absolute Gasteiger partial charge is 0.353 e. The second kappa shape index (κ2) is 5.15. The van der Waals surface area contributed by atoms with Crippen molar-refractivity contribution in [1.29, 1.82) is 0 Å². The van der Waals surface area contributed by atoms with Crippen LogP contribution >= 0.6 is 0 Å². The molecule has 4 heteroatoms. The molecule has 2 aliphatic heterocycles. The Hall–Kier alpha value is -0.610. The number of nitrogens with zero attached hydrogens (tertiary/aromatic N) is 1. The first-order valence-electron chi connectivity index (χ1n) is 6.36. The molecular weight excluding hydrogens is 202 g/mol. The number of hydrogen-bond donors (Lipinski definition) is 2. The molecule has 2 aliphatic rings. The van der Waals surface area contributed by atoms with Crippen molar-refractivity contribution in [3.63, 3.8) is 0 Å². The minimum Gasteiger partial charge on any atom is -0.353 e. The van der Waals surface area contributed by atoms with E-state index < -0.39 is 0 Å². The summed E-state index contributed by atoms with van der Waals surface area (Å²) in [4.78, 5) is 14.3. The highest BCUT2D eigenvalue weighted by Gasteiger charge is 2.29. The molecule has 3 atom stereocenters. The first-order chi connectivity index (χ1) is 7.66. The Balaban J connectivity index is 1.82. The van der Waals surface area contributed by atoms with Crippen LogP contribution in [0.3, 0.4) is 0 Å². The molecule has 2 fully saturated rings. The minimum atomic E-state index is 0.201. The van der Waals surface area contributed by atoms with Crippen LogP contribution in [0.25, 0.3) is 0 Å². The summed E-state index contributed by atoms with van der Waals surface area (Å²) >= 11 is 0. The van der Waals surface area contributed by atoms with Crippen LogP contribution in [0.1, 0.15) is 19.8 Å². The van der Waals surface area contributed by atoms with Crippen molar-refractivity contribution in [3.05, 3.63) is 0 Å². The standard InChI is InChI=1S/C12H23N3O/c1-9-8-15(2)6-4-11(9)14-12(16)10-3-5-13-7-10/h9-11,13H,3-8H2,1-2H3,(H,14,16). The minimum absolute atomic E-state index is 0.201. The zero-order valence-electron chi connectivity index (χ0n) is 10.3. The molecule has 0 bridgehead atoms. The predicted octanol–water partition coefficient (Wildman–Crippen LogP) is 0.0523. The SMILES string of the molecule is CC1CN(C)CCC1NC(=O)C1CCNC1. The van der Waals surface area contributed by atoms with E-state index in [0.717, 1.165) is 39.0 Å². The van der Waals surface area contributed by atoms with Crippen LogP contribution in [0.5, 0.6) is 0 Å². The van der Waals surface area contributed by atoms with E-state index in [0.29, 0.717) is 12.0 Å². The summed E-state index contributed by atoms with van der Waals surface area (Å²) in [6, 6.07) is 0.379. The maximum Gasteiger partial charge on any atom is 0.224 e. The van der Waals surface area contributed by atoms with Crippen LogP contribution in [0, 0.1) is 11.8 Å². The zero-order valence-corrected chi connectivity index (χ0v) is 10.3. The molecule has 0 saturated carbocycles. The van der Waals surface area contributed by atoms with Gasteiger partial charge < -0.3 is 15.5 Å². The number of rotatable bonds is 2. The summed E-state index contributed by atoms with van der Waals surface area (Å²) in [7, 11) is 2.15. The molecule has 0 aromatic carbocycles. The van der Waals surface area contributed by atoms with Gasteiger partial charge in [-0.05, 0) is 38.9 Å². The lowest BCUT2D eigenvalue weighted by atomic mass is 9.93. The number of likely N-dealkylation sites (tertiary alicyclic amines) is 1. The molecule has 0 aliphatic carbocycles. The van der Waals surface area contributed by atoms with Crippen molar-refractivity contribution in [3.8, 4) is 0 Å². The van der Waals surface area contributed by atoms with E-state index in [-0.39, 0.29) is 11.8 Å². The summed E-state index contributed by atoms with van der Waals surface area (Å²) in [5.74, 6) is 1.02. The molecule has 0 aromatic heterocycles.